The maximum atomic E-state index is 12.2. The van der Waals surface area contributed by atoms with Crippen LogP contribution in [0.25, 0.3) is 11.0 Å². The van der Waals surface area contributed by atoms with Crippen molar-refractivity contribution in [1.82, 2.24) is 0 Å². The van der Waals surface area contributed by atoms with E-state index in [1.807, 2.05) is 32.0 Å². The number of halogens is 1. The quantitative estimate of drug-likeness (QED) is 0.231. The largest absolute Gasteiger partial charge is 0.494 e. The number of carbonyl (C=O) groups excluding carboxylic acids is 1. The second kappa shape index (κ2) is 8.52. The van der Waals surface area contributed by atoms with Gasteiger partial charge in [-0.25, -0.2) is 4.79 Å². The summed E-state index contributed by atoms with van der Waals surface area (Å²) in [7, 11) is 0. The van der Waals surface area contributed by atoms with Crippen molar-refractivity contribution in [3.05, 3.63) is 68.0 Å². The third-order valence-electron chi connectivity index (χ3n) is 5.38. The Labute approximate surface area is 179 Å². The number of ether oxygens (including phenoxy) is 2. The second-order valence-electron chi connectivity index (χ2n) is 7.66. The monoisotopic (exact) mass is 426 g/mol. The molecule has 30 heavy (non-hydrogen) atoms. The van der Waals surface area contributed by atoms with Crippen LogP contribution in [0.15, 0.2) is 39.5 Å². The zero-order chi connectivity index (χ0) is 21.3. The van der Waals surface area contributed by atoms with Gasteiger partial charge in [-0.05, 0) is 80.5 Å². The molecule has 5 nitrogen and oxygen atoms in total. The predicted octanol–water partition coefficient (Wildman–Crippen LogP) is 5.32. The molecule has 2 aromatic carbocycles. The van der Waals surface area contributed by atoms with Gasteiger partial charge in [-0.1, -0.05) is 11.6 Å². The summed E-state index contributed by atoms with van der Waals surface area (Å²) in [5, 5.41) is 1.66. The van der Waals surface area contributed by atoms with E-state index < -0.39 is 0 Å². The lowest BCUT2D eigenvalue weighted by Crippen LogP contribution is -2.10. The van der Waals surface area contributed by atoms with Gasteiger partial charge < -0.3 is 13.9 Å². The average Bonchev–Trinajstić information content (AvgIpc) is 3.20. The molecule has 1 heterocycles. The molecule has 0 fully saturated rings. The van der Waals surface area contributed by atoms with E-state index in [1.165, 1.54) is 0 Å². The van der Waals surface area contributed by atoms with E-state index >= 15 is 0 Å². The van der Waals surface area contributed by atoms with Crippen molar-refractivity contribution in [3.63, 3.8) is 0 Å². The number of hydrogen-bond donors (Lipinski definition) is 0. The van der Waals surface area contributed by atoms with Crippen LogP contribution >= 0.6 is 11.6 Å². The molecule has 6 heteroatoms. The van der Waals surface area contributed by atoms with Gasteiger partial charge in [0.05, 0.1) is 6.61 Å². The van der Waals surface area contributed by atoms with E-state index in [9.17, 15) is 9.59 Å². The number of carbonyl (C=O) groups is 1. The van der Waals surface area contributed by atoms with Crippen LogP contribution in [0.3, 0.4) is 0 Å². The second-order valence-corrected chi connectivity index (χ2v) is 8.03. The standard InChI is InChI=1S/C24H23ClO5/c1-14-11-17(12-15(2)23(14)25)28-10-4-7-22(26)29-16-8-9-19-18-5-3-6-20(18)24(27)30-21(19)13-16/h8-9,11-13H,3-7,10H2,1-2H3. The number of fused-ring (bicyclic) bond motifs is 3. The molecular weight excluding hydrogens is 404 g/mol. The van der Waals surface area contributed by atoms with Crippen LogP contribution in [0.2, 0.25) is 5.02 Å². The summed E-state index contributed by atoms with van der Waals surface area (Å²) in [6, 6.07) is 8.98. The minimum Gasteiger partial charge on any atom is -0.494 e. The summed E-state index contributed by atoms with van der Waals surface area (Å²) in [5.41, 5.74) is 3.92. The zero-order valence-electron chi connectivity index (χ0n) is 17.0. The lowest BCUT2D eigenvalue weighted by Gasteiger charge is -2.10. The molecule has 0 unspecified atom stereocenters. The molecule has 0 N–H and O–H groups in total. The Hall–Kier alpha value is -2.79. The number of aryl methyl sites for hydroxylation is 3. The molecule has 4 rings (SSSR count). The minimum atomic E-state index is -0.357. The van der Waals surface area contributed by atoms with E-state index in [2.05, 4.69) is 0 Å². The molecule has 0 atom stereocenters. The predicted molar refractivity (Wildman–Crippen MR) is 116 cm³/mol. The van der Waals surface area contributed by atoms with Gasteiger partial charge in [-0.15, -0.1) is 0 Å². The van der Waals surface area contributed by atoms with Gasteiger partial charge in [0, 0.05) is 28.5 Å². The first-order valence-corrected chi connectivity index (χ1v) is 10.5. The number of hydrogen-bond acceptors (Lipinski definition) is 5. The van der Waals surface area contributed by atoms with Crippen LogP contribution in [0, 0.1) is 13.8 Å². The van der Waals surface area contributed by atoms with Crippen molar-refractivity contribution in [1.29, 1.82) is 0 Å². The molecule has 1 aromatic heterocycles. The molecule has 0 spiro atoms. The fourth-order valence-electron chi connectivity index (χ4n) is 3.91. The highest BCUT2D eigenvalue weighted by Crippen LogP contribution is 2.30. The van der Waals surface area contributed by atoms with Gasteiger partial charge in [-0.2, -0.15) is 0 Å². The SMILES string of the molecule is Cc1cc(OCCCC(=O)Oc2ccc3c4c(c(=O)oc3c2)CCC4)cc(C)c1Cl. The van der Waals surface area contributed by atoms with Gasteiger partial charge in [-0.3, -0.25) is 4.79 Å². The fourth-order valence-corrected chi connectivity index (χ4v) is 4.02. The Bertz CT molecular complexity index is 1160. The third-order valence-corrected chi connectivity index (χ3v) is 5.98. The molecule has 1 aliphatic carbocycles. The smallest absolute Gasteiger partial charge is 0.339 e. The topological polar surface area (TPSA) is 65.7 Å². The van der Waals surface area contributed by atoms with Crippen LogP contribution < -0.4 is 15.1 Å². The van der Waals surface area contributed by atoms with Crippen molar-refractivity contribution >= 4 is 28.5 Å². The summed E-state index contributed by atoms with van der Waals surface area (Å²) in [6.45, 7) is 4.26. The first-order valence-electron chi connectivity index (χ1n) is 10.1. The molecule has 3 aromatic rings. The van der Waals surface area contributed by atoms with Gasteiger partial charge in [0.2, 0.25) is 0 Å². The van der Waals surface area contributed by atoms with Gasteiger partial charge in [0.1, 0.15) is 17.1 Å². The number of benzene rings is 2. The van der Waals surface area contributed by atoms with E-state index in [4.69, 9.17) is 25.5 Å². The highest BCUT2D eigenvalue weighted by atomic mass is 35.5. The lowest BCUT2D eigenvalue weighted by molar-refractivity contribution is -0.134. The maximum Gasteiger partial charge on any atom is 0.339 e. The van der Waals surface area contributed by atoms with Crippen molar-refractivity contribution in [2.24, 2.45) is 0 Å². The Kier molecular flexibility index (Phi) is 5.82. The highest BCUT2D eigenvalue weighted by Gasteiger charge is 2.20. The van der Waals surface area contributed by atoms with Gasteiger partial charge in [0.25, 0.3) is 0 Å². The first kappa shape index (κ1) is 20.5. The van der Waals surface area contributed by atoms with Crippen molar-refractivity contribution in [3.8, 4) is 11.5 Å². The van der Waals surface area contributed by atoms with Gasteiger partial charge in [0.15, 0.2) is 0 Å². The van der Waals surface area contributed by atoms with Crippen molar-refractivity contribution < 1.29 is 18.7 Å². The summed E-state index contributed by atoms with van der Waals surface area (Å²) in [6.07, 6.45) is 3.35. The van der Waals surface area contributed by atoms with E-state index in [0.29, 0.717) is 24.4 Å². The van der Waals surface area contributed by atoms with E-state index in [0.717, 1.165) is 57.7 Å². The first-order chi connectivity index (χ1) is 14.4. The zero-order valence-corrected chi connectivity index (χ0v) is 17.8. The molecule has 1 aliphatic rings. The third kappa shape index (κ3) is 4.21. The van der Waals surface area contributed by atoms with Crippen LogP contribution in [0.1, 0.15) is 41.5 Å². The highest BCUT2D eigenvalue weighted by molar-refractivity contribution is 6.32. The average molecular weight is 427 g/mol. The number of esters is 1. The Balaban J connectivity index is 1.33. The molecule has 0 aliphatic heterocycles. The molecule has 0 radical (unpaired) electrons. The maximum absolute atomic E-state index is 12.2. The normalized spacial score (nSPS) is 12.8. The molecule has 0 saturated heterocycles. The summed E-state index contributed by atoms with van der Waals surface area (Å²) in [5.74, 6) is 0.753. The van der Waals surface area contributed by atoms with E-state index in [1.54, 1.807) is 12.1 Å². The Morgan fingerprint density at radius 3 is 2.57 bits per heavy atom. The van der Waals surface area contributed by atoms with Crippen LogP contribution in [-0.4, -0.2) is 12.6 Å². The molecule has 156 valence electrons. The molecular formula is C24H23ClO5. The van der Waals surface area contributed by atoms with Crippen LogP contribution in [0.4, 0.5) is 0 Å². The molecule has 0 bridgehead atoms. The number of rotatable bonds is 6. The van der Waals surface area contributed by atoms with Crippen molar-refractivity contribution in [2.75, 3.05) is 6.61 Å². The lowest BCUT2D eigenvalue weighted by atomic mass is 10.1. The summed E-state index contributed by atoms with van der Waals surface area (Å²) in [4.78, 5) is 24.3. The molecule has 0 saturated carbocycles. The molecule has 0 amide bonds. The summed E-state index contributed by atoms with van der Waals surface area (Å²) < 4.78 is 16.6. The Morgan fingerprint density at radius 1 is 1.07 bits per heavy atom. The fraction of sp³-hybridized carbons (Fsp3) is 0.333. The Morgan fingerprint density at radius 2 is 1.80 bits per heavy atom. The van der Waals surface area contributed by atoms with Crippen LogP contribution in [-0.2, 0) is 17.6 Å². The van der Waals surface area contributed by atoms with Crippen LogP contribution in [0.5, 0.6) is 11.5 Å². The summed E-state index contributed by atoms with van der Waals surface area (Å²) >= 11 is 6.16. The minimum absolute atomic E-state index is 0.220. The van der Waals surface area contributed by atoms with Crippen molar-refractivity contribution in [2.45, 2.75) is 46.0 Å². The van der Waals surface area contributed by atoms with E-state index in [-0.39, 0.29) is 18.0 Å². The van der Waals surface area contributed by atoms with Gasteiger partial charge >= 0.3 is 11.6 Å².